The van der Waals surface area contributed by atoms with E-state index in [1.807, 2.05) is 0 Å². The Balaban J connectivity index is 0.00000113. The molecule has 1 amide bonds. The van der Waals surface area contributed by atoms with Crippen molar-refractivity contribution in [1.82, 2.24) is 9.55 Å². The molecule has 4 atom stereocenters. The van der Waals surface area contributed by atoms with Gasteiger partial charge in [0, 0.05) is 24.1 Å². The van der Waals surface area contributed by atoms with Crippen LogP contribution in [0.25, 0.3) is 5.69 Å². The van der Waals surface area contributed by atoms with E-state index in [9.17, 15) is 9.18 Å². The van der Waals surface area contributed by atoms with Gasteiger partial charge >= 0.3 is 0 Å². The quantitative estimate of drug-likeness (QED) is 0.850. The summed E-state index contributed by atoms with van der Waals surface area (Å²) in [6, 6.07) is 4.61. The number of carbonyl (C=O) groups is 1. The Morgan fingerprint density at radius 2 is 2.04 bits per heavy atom. The number of anilines is 1. The van der Waals surface area contributed by atoms with Crippen LogP contribution < -0.4 is 11.1 Å². The van der Waals surface area contributed by atoms with Crippen molar-refractivity contribution in [3.63, 3.8) is 0 Å². The van der Waals surface area contributed by atoms with Gasteiger partial charge in [0.15, 0.2) is 0 Å². The molecule has 25 heavy (non-hydrogen) atoms. The summed E-state index contributed by atoms with van der Waals surface area (Å²) >= 11 is 0. The summed E-state index contributed by atoms with van der Waals surface area (Å²) in [7, 11) is 0. The third-order valence-electron chi connectivity index (χ3n) is 5.28. The molecule has 2 saturated carbocycles. The molecule has 1 heterocycles. The minimum atomic E-state index is -0.405. The summed E-state index contributed by atoms with van der Waals surface area (Å²) < 4.78 is 15.8. The number of rotatable bonds is 3. The number of aromatic nitrogens is 2. The normalized spacial score (nSPS) is 26.6. The van der Waals surface area contributed by atoms with Crippen molar-refractivity contribution in [3.8, 4) is 5.69 Å². The number of fused-ring (bicyclic) bond motifs is 2. The van der Waals surface area contributed by atoms with Crippen LogP contribution in [-0.2, 0) is 4.79 Å². The molecule has 0 aliphatic heterocycles. The summed E-state index contributed by atoms with van der Waals surface area (Å²) in [6.45, 7) is 0. The number of halogens is 3. The number of imidazole rings is 1. The summed E-state index contributed by atoms with van der Waals surface area (Å²) in [5, 5.41) is 2.83. The summed E-state index contributed by atoms with van der Waals surface area (Å²) in [4.78, 5) is 16.4. The highest BCUT2D eigenvalue weighted by molar-refractivity contribution is 5.93. The first-order valence-electron chi connectivity index (χ1n) is 7.98. The zero-order chi connectivity index (χ0) is 16.0. The van der Waals surface area contributed by atoms with Gasteiger partial charge in [-0.2, -0.15) is 0 Å². The van der Waals surface area contributed by atoms with Crippen LogP contribution in [0, 0.1) is 23.6 Å². The van der Waals surface area contributed by atoms with Gasteiger partial charge in [-0.05, 0) is 49.3 Å². The number of benzene rings is 1. The number of amides is 1. The molecule has 0 radical (unpaired) electrons. The lowest BCUT2D eigenvalue weighted by Gasteiger charge is -2.27. The van der Waals surface area contributed by atoms with Gasteiger partial charge in [-0.3, -0.25) is 4.79 Å². The van der Waals surface area contributed by atoms with Crippen LogP contribution in [0.5, 0.6) is 0 Å². The van der Waals surface area contributed by atoms with Gasteiger partial charge in [-0.25, -0.2) is 9.37 Å². The monoisotopic (exact) mass is 386 g/mol. The maximum absolute atomic E-state index is 14.2. The lowest BCUT2D eigenvalue weighted by atomic mass is 9.84. The third-order valence-corrected chi connectivity index (χ3v) is 5.28. The molecular weight excluding hydrogens is 366 g/mol. The second kappa shape index (κ2) is 7.72. The van der Waals surface area contributed by atoms with Crippen LogP contribution in [0.2, 0.25) is 0 Å². The Morgan fingerprint density at radius 1 is 1.28 bits per heavy atom. The highest BCUT2D eigenvalue weighted by atomic mass is 35.5. The zero-order valence-electron chi connectivity index (χ0n) is 13.5. The molecule has 1 aromatic carbocycles. The van der Waals surface area contributed by atoms with Gasteiger partial charge in [0.1, 0.15) is 5.82 Å². The Kier molecular flexibility index (Phi) is 6.08. The molecule has 0 saturated heterocycles. The van der Waals surface area contributed by atoms with Gasteiger partial charge in [-0.1, -0.05) is 0 Å². The van der Waals surface area contributed by atoms with E-state index in [1.54, 1.807) is 29.1 Å². The molecule has 4 rings (SSSR count). The Morgan fingerprint density at radius 3 is 2.64 bits per heavy atom. The largest absolute Gasteiger partial charge is 0.327 e. The van der Waals surface area contributed by atoms with Crippen molar-refractivity contribution in [2.75, 3.05) is 5.32 Å². The minimum absolute atomic E-state index is 0. The summed E-state index contributed by atoms with van der Waals surface area (Å²) in [5.74, 6) is 0.212. The fourth-order valence-corrected chi connectivity index (χ4v) is 4.15. The van der Waals surface area contributed by atoms with Gasteiger partial charge in [0.25, 0.3) is 0 Å². The van der Waals surface area contributed by atoms with Crippen molar-refractivity contribution in [1.29, 1.82) is 0 Å². The lowest BCUT2D eigenvalue weighted by molar-refractivity contribution is -0.121. The Labute approximate surface area is 158 Å². The predicted octanol–water partition coefficient (Wildman–Crippen LogP) is 3.17. The topological polar surface area (TPSA) is 72.9 Å². The Hall–Kier alpha value is -1.63. The fraction of sp³-hybridized carbons (Fsp3) is 0.412. The maximum Gasteiger partial charge on any atom is 0.229 e. The Bertz CT molecular complexity index is 738. The summed E-state index contributed by atoms with van der Waals surface area (Å²) in [6.07, 6.45) is 8.04. The highest BCUT2D eigenvalue weighted by Gasteiger charge is 2.49. The van der Waals surface area contributed by atoms with Gasteiger partial charge < -0.3 is 15.6 Å². The average molecular weight is 387 g/mol. The molecule has 8 heteroatoms. The molecule has 3 N–H and O–H groups in total. The van der Waals surface area contributed by atoms with Crippen molar-refractivity contribution in [2.45, 2.75) is 25.3 Å². The summed E-state index contributed by atoms with van der Waals surface area (Å²) in [5.41, 5.74) is 7.06. The second-order valence-electron chi connectivity index (χ2n) is 6.56. The first-order chi connectivity index (χ1) is 11.1. The van der Waals surface area contributed by atoms with E-state index in [-0.39, 0.29) is 42.7 Å². The number of nitrogens with zero attached hydrogens (tertiary/aromatic N) is 2. The molecule has 1 aromatic heterocycles. The molecule has 4 unspecified atom stereocenters. The standard InChI is InChI=1S/C17H19FN4O.2ClH/c18-13-8-12(3-4-14(13)22-6-5-20-9-22)21-17(23)15-10-1-2-11(7-10)16(15)19;;/h3-6,8-11,15-16H,1-2,7,19H2,(H,21,23);2*1H. The molecule has 5 nitrogen and oxygen atoms in total. The van der Waals surface area contributed by atoms with E-state index in [0.717, 1.165) is 19.3 Å². The van der Waals surface area contributed by atoms with Crippen LogP contribution in [0.3, 0.4) is 0 Å². The number of carbonyl (C=O) groups excluding carboxylic acids is 1. The number of hydrogen-bond acceptors (Lipinski definition) is 3. The smallest absolute Gasteiger partial charge is 0.229 e. The van der Waals surface area contributed by atoms with Crippen LogP contribution in [0.1, 0.15) is 19.3 Å². The molecule has 2 fully saturated rings. The zero-order valence-corrected chi connectivity index (χ0v) is 15.1. The third kappa shape index (κ3) is 3.52. The SMILES string of the molecule is Cl.Cl.NC1C2CCC(C2)C1C(=O)Nc1ccc(-n2ccnc2)c(F)c1. The van der Waals surface area contributed by atoms with Crippen molar-refractivity contribution in [3.05, 3.63) is 42.7 Å². The molecule has 2 aliphatic carbocycles. The first kappa shape index (κ1) is 19.7. The predicted molar refractivity (Wildman–Crippen MR) is 98.9 cm³/mol. The number of nitrogens with two attached hydrogens (primary N) is 1. The van der Waals surface area contributed by atoms with Gasteiger partial charge in [0.2, 0.25) is 5.91 Å². The maximum atomic E-state index is 14.2. The van der Waals surface area contributed by atoms with Crippen molar-refractivity contribution >= 4 is 36.4 Å². The second-order valence-corrected chi connectivity index (χ2v) is 6.56. The van der Waals surface area contributed by atoms with Crippen LogP contribution in [0.15, 0.2) is 36.9 Å². The fourth-order valence-electron chi connectivity index (χ4n) is 4.15. The molecular formula is C17H21Cl2FN4O. The molecule has 2 bridgehead atoms. The van der Waals surface area contributed by atoms with E-state index in [0.29, 0.717) is 23.2 Å². The van der Waals surface area contributed by atoms with Crippen LogP contribution in [0.4, 0.5) is 10.1 Å². The molecule has 0 spiro atoms. The van der Waals surface area contributed by atoms with Crippen LogP contribution in [-0.4, -0.2) is 21.5 Å². The number of nitrogens with one attached hydrogen (secondary N) is 1. The average Bonchev–Trinajstić information content (AvgIpc) is 3.24. The molecule has 136 valence electrons. The number of hydrogen-bond donors (Lipinski definition) is 2. The van der Waals surface area contributed by atoms with Crippen molar-refractivity contribution < 1.29 is 9.18 Å². The van der Waals surface area contributed by atoms with E-state index in [4.69, 9.17) is 5.73 Å². The van der Waals surface area contributed by atoms with Crippen LogP contribution >= 0.6 is 24.8 Å². The van der Waals surface area contributed by atoms with E-state index < -0.39 is 5.82 Å². The van der Waals surface area contributed by atoms with Crippen molar-refractivity contribution in [2.24, 2.45) is 23.5 Å². The highest BCUT2D eigenvalue weighted by Crippen LogP contribution is 2.47. The first-order valence-corrected chi connectivity index (χ1v) is 7.98. The van der Waals surface area contributed by atoms with E-state index in [1.165, 1.54) is 12.4 Å². The van der Waals surface area contributed by atoms with E-state index in [2.05, 4.69) is 10.3 Å². The lowest BCUT2D eigenvalue weighted by Crippen LogP contribution is -2.42. The minimum Gasteiger partial charge on any atom is -0.327 e. The van der Waals surface area contributed by atoms with Gasteiger partial charge in [-0.15, -0.1) is 24.8 Å². The van der Waals surface area contributed by atoms with E-state index >= 15 is 0 Å². The molecule has 2 aliphatic rings. The van der Waals surface area contributed by atoms with Gasteiger partial charge in [0.05, 0.1) is 17.9 Å². The molecule has 2 aromatic rings.